The molecule has 41 heavy (non-hydrogen) atoms. The molecular formula is C33H31ClN6O. The van der Waals surface area contributed by atoms with Crippen molar-refractivity contribution in [1.82, 2.24) is 30.2 Å². The maximum absolute atomic E-state index is 12.6. The molecule has 6 rings (SSSR count). The number of nitrogens with one attached hydrogen (secondary N) is 2. The van der Waals surface area contributed by atoms with Crippen LogP contribution < -0.4 is 5.32 Å². The van der Waals surface area contributed by atoms with Crippen molar-refractivity contribution in [2.75, 3.05) is 0 Å². The van der Waals surface area contributed by atoms with E-state index in [1.807, 2.05) is 48.8 Å². The summed E-state index contributed by atoms with van der Waals surface area (Å²) >= 11 is 5.95. The number of hydrogen-bond acceptors (Lipinski definition) is 5. The van der Waals surface area contributed by atoms with Crippen LogP contribution in [-0.4, -0.2) is 30.7 Å². The zero-order valence-electron chi connectivity index (χ0n) is 22.6. The number of pyridine rings is 2. The molecule has 0 fully saturated rings. The van der Waals surface area contributed by atoms with E-state index < -0.39 is 0 Å². The molecule has 206 valence electrons. The number of aromatic nitrogens is 4. The Hall–Kier alpha value is -4.33. The van der Waals surface area contributed by atoms with E-state index in [0.717, 1.165) is 54.1 Å². The number of amides is 1. The zero-order valence-corrected chi connectivity index (χ0v) is 23.4. The molecule has 1 aliphatic carbocycles. The first-order valence-electron chi connectivity index (χ1n) is 13.9. The fraction of sp³-hybridized carbons (Fsp3) is 0.212. The molecular weight excluding hydrogens is 532 g/mol. The molecule has 3 aromatic heterocycles. The number of carbonyl (C=O) groups excluding carboxylic acids is 1. The summed E-state index contributed by atoms with van der Waals surface area (Å²) in [5.74, 6) is 0.740. The van der Waals surface area contributed by atoms with Crippen LogP contribution in [-0.2, 0) is 26.1 Å². The maximum atomic E-state index is 12.6. The molecule has 7 nitrogen and oxygen atoms in total. The third-order valence-electron chi connectivity index (χ3n) is 7.49. The average molecular weight is 563 g/mol. The molecule has 3 heterocycles. The van der Waals surface area contributed by atoms with E-state index in [1.54, 1.807) is 12.1 Å². The summed E-state index contributed by atoms with van der Waals surface area (Å²) < 4.78 is 0. The van der Waals surface area contributed by atoms with E-state index in [1.165, 1.54) is 17.3 Å². The third kappa shape index (κ3) is 6.53. The van der Waals surface area contributed by atoms with Gasteiger partial charge in [0.25, 0.3) is 5.91 Å². The standard InChI is InChI=1S/C33H31ClN6O/c34-30-18-27(14-16-35-30)33(41)38-19-23-7-4-8-24(17-23)21-40(29-13-5-11-26-12-6-15-36-32(26)29)22-31-37-20-28(39-31)25-9-2-1-3-10-25/h1-4,6-10,12,14-18,20,29H,5,11,13,19,21-22H2,(H,37,39)(H,38,41). The van der Waals surface area contributed by atoms with Gasteiger partial charge in [0.2, 0.25) is 0 Å². The highest BCUT2D eigenvalue weighted by molar-refractivity contribution is 6.29. The maximum Gasteiger partial charge on any atom is 0.251 e. The van der Waals surface area contributed by atoms with Crippen molar-refractivity contribution in [3.05, 3.63) is 136 Å². The third-order valence-corrected chi connectivity index (χ3v) is 7.70. The summed E-state index contributed by atoms with van der Waals surface area (Å²) in [6.07, 6.45) is 8.57. The van der Waals surface area contributed by atoms with Crippen molar-refractivity contribution in [2.24, 2.45) is 0 Å². The number of H-pyrrole nitrogens is 1. The fourth-order valence-corrected chi connectivity index (χ4v) is 5.69. The minimum absolute atomic E-state index is 0.182. The normalized spacial score (nSPS) is 14.5. The second kappa shape index (κ2) is 12.5. The van der Waals surface area contributed by atoms with E-state index in [9.17, 15) is 4.79 Å². The summed E-state index contributed by atoms with van der Waals surface area (Å²) in [5, 5.41) is 3.29. The predicted molar refractivity (Wildman–Crippen MR) is 160 cm³/mol. The Morgan fingerprint density at radius 3 is 2.68 bits per heavy atom. The second-order valence-electron chi connectivity index (χ2n) is 10.3. The van der Waals surface area contributed by atoms with Gasteiger partial charge in [0, 0.05) is 31.0 Å². The summed E-state index contributed by atoms with van der Waals surface area (Å²) in [4.78, 5) is 32.2. The zero-order chi connectivity index (χ0) is 28.0. The van der Waals surface area contributed by atoms with E-state index >= 15 is 0 Å². The molecule has 0 aliphatic heterocycles. The topological polar surface area (TPSA) is 86.8 Å². The van der Waals surface area contributed by atoms with E-state index in [4.69, 9.17) is 21.6 Å². The summed E-state index contributed by atoms with van der Waals surface area (Å²) in [7, 11) is 0. The highest BCUT2D eigenvalue weighted by Crippen LogP contribution is 2.35. The van der Waals surface area contributed by atoms with Crippen molar-refractivity contribution < 1.29 is 4.79 Å². The molecule has 1 aliphatic rings. The van der Waals surface area contributed by atoms with Gasteiger partial charge in [-0.05, 0) is 59.7 Å². The van der Waals surface area contributed by atoms with Gasteiger partial charge in [-0.2, -0.15) is 0 Å². The molecule has 0 radical (unpaired) electrons. The molecule has 1 atom stereocenters. The lowest BCUT2D eigenvalue weighted by molar-refractivity contribution is 0.0950. The van der Waals surface area contributed by atoms with E-state index in [2.05, 4.69) is 50.5 Å². The quantitative estimate of drug-likeness (QED) is 0.199. The Kier molecular flexibility index (Phi) is 8.16. The van der Waals surface area contributed by atoms with E-state index in [-0.39, 0.29) is 11.9 Å². The number of halogens is 1. The molecule has 8 heteroatoms. The highest BCUT2D eigenvalue weighted by atomic mass is 35.5. The van der Waals surface area contributed by atoms with Crippen molar-refractivity contribution in [3.63, 3.8) is 0 Å². The van der Waals surface area contributed by atoms with Crippen molar-refractivity contribution in [1.29, 1.82) is 0 Å². The summed E-state index contributed by atoms with van der Waals surface area (Å²) in [6.45, 7) is 1.81. The van der Waals surface area contributed by atoms with Crippen LogP contribution in [0.4, 0.5) is 0 Å². The first kappa shape index (κ1) is 26.9. The van der Waals surface area contributed by atoms with E-state index in [0.29, 0.717) is 23.8 Å². The monoisotopic (exact) mass is 562 g/mol. The Bertz CT molecular complexity index is 1640. The Morgan fingerprint density at radius 2 is 1.80 bits per heavy atom. The lowest BCUT2D eigenvalue weighted by Crippen LogP contribution is -2.32. The van der Waals surface area contributed by atoms with Crippen LogP contribution in [0.15, 0.2) is 97.5 Å². The number of fused-ring (bicyclic) bond motifs is 1. The highest BCUT2D eigenvalue weighted by Gasteiger charge is 2.28. The van der Waals surface area contributed by atoms with Gasteiger partial charge in [0.05, 0.1) is 30.2 Å². The second-order valence-corrected chi connectivity index (χ2v) is 10.7. The number of nitrogens with zero attached hydrogens (tertiary/aromatic N) is 4. The number of benzene rings is 2. The van der Waals surface area contributed by atoms with Gasteiger partial charge in [-0.15, -0.1) is 0 Å². The molecule has 1 unspecified atom stereocenters. The van der Waals surface area contributed by atoms with Gasteiger partial charge in [-0.1, -0.05) is 72.3 Å². The van der Waals surface area contributed by atoms with Gasteiger partial charge in [0.1, 0.15) is 11.0 Å². The molecule has 0 bridgehead atoms. The number of hydrogen-bond donors (Lipinski definition) is 2. The minimum atomic E-state index is -0.182. The van der Waals surface area contributed by atoms with Crippen LogP contribution >= 0.6 is 11.6 Å². The molecule has 5 aromatic rings. The lowest BCUT2D eigenvalue weighted by Gasteiger charge is -2.34. The van der Waals surface area contributed by atoms with Crippen molar-refractivity contribution in [2.45, 2.75) is 44.9 Å². The summed E-state index contributed by atoms with van der Waals surface area (Å²) in [6, 6.07) is 26.3. The van der Waals surface area contributed by atoms with Gasteiger partial charge in [0.15, 0.2) is 0 Å². The first-order chi connectivity index (χ1) is 20.1. The number of imidazole rings is 1. The first-order valence-corrected chi connectivity index (χ1v) is 14.2. The number of aromatic amines is 1. The van der Waals surface area contributed by atoms with Gasteiger partial charge < -0.3 is 10.3 Å². The molecule has 2 N–H and O–H groups in total. The summed E-state index contributed by atoms with van der Waals surface area (Å²) in [5.41, 5.74) is 7.30. The predicted octanol–water partition coefficient (Wildman–Crippen LogP) is 6.53. The molecule has 1 amide bonds. The van der Waals surface area contributed by atoms with Crippen molar-refractivity contribution >= 4 is 17.5 Å². The van der Waals surface area contributed by atoms with Crippen LogP contribution in [0.25, 0.3) is 11.3 Å². The van der Waals surface area contributed by atoms with Crippen LogP contribution in [0.5, 0.6) is 0 Å². The molecule has 2 aromatic carbocycles. The largest absolute Gasteiger partial charge is 0.348 e. The van der Waals surface area contributed by atoms with Crippen LogP contribution in [0.3, 0.4) is 0 Å². The number of aryl methyl sites for hydroxylation is 1. The fourth-order valence-electron chi connectivity index (χ4n) is 5.52. The Balaban J connectivity index is 1.22. The number of rotatable bonds is 9. The minimum Gasteiger partial charge on any atom is -0.348 e. The average Bonchev–Trinajstić information content (AvgIpc) is 3.48. The SMILES string of the molecule is O=C(NCc1cccc(CN(Cc2ncc(-c3ccccc3)[nH]2)C2CCCc3cccnc32)c1)c1ccnc(Cl)c1. The smallest absolute Gasteiger partial charge is 0.251 e. The Morgan fingerprint density at radius 1 is 0.927 bits per heavy atom. The van der Waals surface area contributed by atoms with Crippen LogP contribution in [0, 0.1) is 0 Å². The van der Waals surface area contributed by atoms with Gasteiger partial charge in [-0.25, -0.2) is 9.97 Å². The van der Waals surface area contributed by atoms with Crippen LogP contribution in [0.2, 0.25) is 5.15 Å². The van der Waals surface area contributed by atoms with Crippen molar-refractivity contribution in [3.8, 4) is 11.3 Å². The molecule has 0 saturated heterocycles. The van der Waals surface area contributed by atoms with Gasteiger partial charge in [-0.3, -0.25) is 14.7 Å². The van der Waals surface area contributed by atoms with Gasteiger partial charge >= 0.3 is 0 Å². The molecule has 0 spiro atoms. The molecule has 0 saturated carbocycles. The number of carbonyl (C=O) groups is 1. The van der Waals surface area contributed by atoms with Crippen LogP contribution in [0.1, 0.15) is 57.5 Å². The Labute approximate surface area is 244 Å². The lowest BCUT2D eigenvalue weighted by atomic mass is 9.90.